The van der Waals surface area contributed by atoms with Gasteiger partial charge in [-0.15, -0.1) is 0 Å². The van der Waals surface area contributed by atoms with Crippen molar-refractivity contribution in [2.75, 3.05) is 0 Å². The van der Waals surface area contributed by atoms with Gasteiger partial charge in [-0.05, 0) is 31.2 Å². The first-order chi connectivity index (χ1) is 12.6. The van der Waals surface area contributed by atoms with Crippen LogP contribution >= 0.6 is 11.6 Å². The van der Waals surface area contributed by atoms with Gasteiger partial charge in [-0.1, -0.05) is 59.6 Å². The molecule has 0 saturated heterocycles. The van der Waals surface area contributed by atoms with Crippen LogP contribution in [0, 0.1) is 12.7 Å². The molecule has 4 rings (SSSR count). The molecule has 3 aromatic carbocycles. The van der Waals surface area contributed by atoms with E-state index in [1.807, 2.05) is 55.5 Å². The monoisotopic (exact) mass is 366 g/mol. The van der Waals surface area contributed by atoms with Gasteiger partial charge in [0.1, 0.15) is 17.9 Å². The number of imidazole rings is 1. The van der Waals surface area contributed by atoms with Crippen molar-refractivity contribution in [3.05, 3.63) is 88.7 Å². The van der Waals surface area contributed by atoms with Gasteiger partial charge in [0.05, 0.1) is 10.5 Å². The molecule has 0 N–H and O–H groups in total. The van der Waals surface area contributed by atoms with E-state index in [-0.39, 0.29) is 12.4 Å². The minimum atomic E-state index is -0.390. The summed E-state index contributed by atoms with van der Waals surface area (Å²) in [7, 11) is 0. The minimum absolute atomic E-state index is 0.00468. The van der Waals surface area contributed by atoms with Crippen LogP contribution in [0.1, 0.15) is 11.1 Å². The van der Waals surface area contributed by atoms with Crippen molar-refractivity contribution in [3.8, 4) is 11.4 Å². The number of benzene rings is 3. The molecule has 0 fully saturated rings. The highest BCUT2D eigenvalue weighted by molar-refractivity contribution is 6.31. The van der Waals surface area contributed by atoms with Crippen molar-refractivity contribution in [1.29, 1.82) is 0 Å². The fourth-order valence-corrected chi connectivity index (χ4v) is 3.04. The standard InChI is InChI=1S/C21H16ClFN2O/c1-14-9-11-15(12-10-14)21-24-19-7-2-3-8-20(19)25(21)26-13-16-17(22)5-4-6-18(16)23/h2-12H,13H2,1H3. The van der Waals surface area contributed by atoms with Crippen molar-refractivity contribution in [2.24, 2.45) is 0 Å². The molecule has 0 aliphatic carbocycles. The zero-order chi connectivity index (χ0) is 18.1. The minimum Gasteiger partial charge on any atom is -0.407 e. The van der Waals surface area contributed by atoms with E-state index < -0.39 is 0 Å². The molecular formula is C21H16ClFN2O. The Bertz CT molecular complexity index is 1050. The zero-order valence-corrected chi connectivity index (χ0v) is 14.9. The van der Waals surface area contributed by atoms with Crippen molar-refractivity contribution >= 4 is 22.6 Å². The molecule has 130 valence electrons. The molecule has 0 amide bonds. The highest BCUT2D eigenvalue weighted by Gasteiger charge is 2.15. The zero-order valence-electron chi connectivity index (χ0n) is 14.1. The quantitative estimate of drug-likeness (QED) is 0.481. The largest absolute Gasteiger partial charge is 0.407 e. The summed E-state index contributed by atoms with van der Waals surface area (Å²) in [6, 6.07) is 20.3. The number of fused-ring (bicyclic) bond motifs is 1. The highest BCUT2D eigenvalue weighted by Crippen LogP contribution is 2.25. The van der Waals surface area contributed by atoms with Gasteiger partial charge in [0, 0.05) is 11.1 Å². The normalized spacial score (nSPS) is 11.0. The lowest BCUT2D eigenvalue weighted by atomic mass is 10.1. The van der Waals surface area contributed by atoms with Crippen LogP contribution in [0.3, 0.4) is 0 Å². The first kappa shape index (κ1) is 16.6. The number of hydrogen-bond acceptors (Lipinski definition) is 2. The summed E-state index contributed by atoms with van der Waals surface area (Å²) in [5, 5.41) is 0.339. The van der Waals surface area contributed by atoms with Gasteiger partial charge in [-0.25, -0.2) is 9.37 Å². The fourth-order valence-electron chi connectivity index (χ4n) is 2.82. The summed E-state index contributed by atoms with van der Waals surface area (Å²) in [6.45, 7) is 2.04. The number of nitrogens with zero attached hydrogens (tertiary/aromatic N) is 2. The first-order valence-corrected chi connectivity index (χ1v) is 8.62. The van der Waals surface area contributed by atoms with E-state index in [9.17, 15) is 4.39 Å². The third-order valence-electron chi connectivity index (χ3n) is 4.23. The van der Waals surface area contributed by atoms with Crippen molar-refractivity contribution in [3.63, 3.8) is 0 Å². The molecular weight excluding hydrogens is 351 g/mol. The third kappa shape index (κ3) is 3.04. The topological polar surface area (TPSA) is 27.1 Å². The Kier molecular flexibility index (Phi) is 4.35. The average Bonchev–Trinajstić information content (AvgIpc) is 3.01. The van der Waals surface area contributed by atoms with Crippen molar-refractivity contribution in [1.82, 2.24) is 9.71 Å². The second-order valence-corrected chi connectivity index (χ2v) is 6.47. The smallest absolute Gasteiger partial charge is 0.176 e. The van der Waals surface area contributed by atoms with E-state index in [4.69, 9.17) is 16.4 Å². The van der Waals surface area contributed by atoms with Gasteiger partial charge in [-0.2, -0.15) is 4.73 Å². The molecule has 0 unspecified atom stereocenters. The Morgan fingerprint density at radius 3 is 2.54 bits per heavy atom. The highest BCUT2D eigenvalue weighted by atomic mass is 35.5. The number of aryl methyl sites for hydroxylation is 1. The Morgan fingerprint density at radius 1 is 1.00 bits per heavy atom. The maximum atomic E-state index is 14.1. The molecule has 0 spiro atoms. The van der Waals surface area contributed by atoms with Crippen LogP contribution in [0.15, 0.2) is 66.7 Å². The summed E-state index contributed by atoms with van der Waals surface area (Å²) in [5.41, 5.74) is 4.03. The molecule has 0 aliphatic rings. The average molecular weight is 367 g/mol. The number of rotatable bonds is 4. The van der Waals surface area contributed by atoms with Crippen LogP contribution in [0.5, 0.6) is 0 Å². The summed E-state index contributed by atoms with van der Waals surface area (Å²) < 4.78 is 15.7. The Hall–Kier alpha value is -2.85. The summed E-state index contributed by atoms with van der Waals surface area (Å²) in [5.74, 6) is 0.275. The van der Waals surface area contributed by atoms with Crippen LogP contribution in [-0.4, -0.2) is 9.71 Å². The maximum Gasteiger partial charge on any atom is 0.176 e. The molecule has 0 saturated carbocycles. The molecule has 0 radical (unpaired) electrons. The van der Waals surface area contributed by atoms with Crippen LogP contribution in [-0.2, 0) is 6.61 Å². The van der Waals surface area contributed by atoms with Gasteiger partial charge < -0.3 is 4.84 Å². The molecule has 0 atom stereocenters. The van der Waals surface area contributed by atoms with Crippen LogP contribution in [0.4, 0.5) is 4.39 Å². The second kappa shape index (κ2) is 6.81. The molecule has 1 heterocycles. The lowest BCUT2D eigenvalue weighted by molar-refractivity contribution is 0.108. The van der Waals surface area contributed by atoms with Crippen molar-refractivity contribution < 1.29 is 9.23 Å². The molecule has 0 bridgehead atoms. The van der Waals surface area contributed by atoms with Gasteiger partial charge in [0.2, 0.25) is 0 Å². The predicted octanol–water partition coefficient (Wildman–Crippen LogP) is 5.43. The second-order valence-electron chi connectivity index (χ2n) is 6.06. The fraction of sp³-hybridized carbons (Fsp3) is 0.0952. The van der Waals surface area contributed by atoms with Crippen LogP contribution in [0.2, 0.25) is 5.02 Å². The van der Waals surface area contributed by atoms with E-state index in [0.717, 1.165) is 22.2 Å². The van der Waals surface area contributed by atoms with E-state index >= 15 is 0 Å². The molecule has 1 aromatic heterocycles. The van der Waals surface area contributed by atoms with Gasteiger partial charge in [-0.3, -0.25) is 0 Å². The molecule has 26 heavy (non-hydrogen) atoms. The molecule has 0 aliphatic heterocycles. The van der Waals surface area contributed by atoms with E-state index in [2.05, 4.69) is 4.98 Å². The molecule has 4 aromatic rings. The Labute approximate surface area is 155 Å². The van der Waals surface area contributed by atoms with Crippen molar-refractivity contribution in [2.45, 2.75) is 13.5 Å². The summed E-state index contributed by atoms with van der Waals surface area (Å²) in [4.78, 5) is 10.6. The maximum absolute atomic E-state index is 14.1. The lowest BCUT2D eigenvalue weighted by Crippen LogP contribution is -2.13. The van der Waals surface area contributed by atoms with Gasteiger partial charge >= 0.3 is 0 Å². The van der Waals surface area contributed by atoms with Gasteiger partial charge in [0.25, 0.3) is 0 Å². The Balaban J connectivity index is 1.78. The molecule has 5 heteroatoms. The molecule has 3 nitrogen and oxygen atoms in total. The number of hydrogen-bond donors (Lipinski definition) is 0. The van der Waals surface area contributed by atoms with Crippen LogP contribution < -0.4 is 4.84 Å². The summed E-state index contributed by atoms with van der Waals surface area (Å²) >= 11 is 6.12. The van der Waals surface area contributed by atoms with Crippen LogP contribution in [0.25, 0.3) is 22.4 Å². The summed E-state index contributed by atoms with van der Waals surface area (Å²) in [6.07, 6.45) is 0. The SMILES string of the molecule is Cc1ccc(-c2nc3ccccc3n2OCc2c(F)cccc2Cl)cc1. The van der Waals surface area contributed by atoms with E-state index in [1.54, 1.807) is 16.9 Å². The predicted molar refractivity (Wildman–Crippen MR) is 102 cm³/mol. The van der Waals surface area contributed by atoms with E-state index in [1.165, 1.54) is 6.07 Å². The number of halogens is 2. The lowest BCUT2D eigenvalue weighted by Gasteiger charge is -2.12. The van der Waals surface area contributed by atoms with Gasteiger partial charge in [0.15, 0.2) is 5.82 Å². The Morgan fingerprint density at radius 2 is 1.77 bits per heavy atom. The third-order valence-corrected chi connectivity index (χ3v) is 4.58. The first-order valence-electron chi connectivity index (χ1n) is 8.24. The van der Waals surface area contributed by atoms with E-state index in [0.29, 0.717) is 16.4 Å². The number of para-hydroxylation sites is 2. The number of aromatic nitrogens is 2.